The number of amides is 1. The maximum absolute atomic E-state index is 12.5. The summed E-state index contributed by atoms with van der Waals surface area (Å²) in [5.74, 6) is 1.73. The number of carbonyl (C=O) groups is 2. The fraction of sp³-hybridized carbons (Fsp3) is 0.375. The van der Waals surface area contributed by atoms with Gasteiger partial charge in [0.1, 0.15) is 6.54 Å². The van der Waals surface area contributed by atoms with Crippen LogP contribution in [0.2, 0.25) is 0 Å². The van der Waals surface area contributed by atoms with Crippen molar-refractivity contribution in [2.45, 2.75) is 44.9 Å². The third-order valence-electron chi connectivity index (χ3n) is 4.90. The third-order valence-corrected chi connectivity index (χ3v) is 7.06. The Morgan fingerprint density at radius 3 is 2.65 bits per heavy atom. The number of esters is 1. The molecule has 1 heterocycles. The molecule has 0 atom stereocenters. The second-order valence-electron chi connectivity index (χ2n) is 7.58. The lowest BCUT2D eigenvalue weighted by Gasteiger charge is -2.06. The zero-order valence-corrected chi connectivity index (χ0v) is 19.8. The molecule has 1 amide bonds. The van der Waals surface area contributed by atoms with E-state index in [2.05, 4.69) is 43.1 Å². The molecule has 0 N–H and O–H groups in total. The van der Waals surface area contributed by atoms with Gasteiger partial charge in [0, 0.05) is 12.2 Å². The first-order valence-electron chi connectivity index (χ1n) is 10.4. The summed E-state index contributed by atoms with van der Waals surface area (Å²) < 4.78 is 7.63. The van der Waals surface area contributed by atoms with Gasteiger partial charge in [-0.05, 0) is 41.4 Å². The summed E-state index contributed by atoms with van der Waals surface area (Å²) >= 11 is 3.26. The van der Waals surface area contributed by atoms with Crippen LogP contribution in [0.25, 0.3) is 10.2 Å². The van der Waals surface area contributed by atoms with Gasteiger partial charge in [-0.15, -0.1) is 0 Å². The molecule has 31 heavy (non-hydrogen) atoms. The zero-order valence-electron chi connectivity index (χ0n) is 18.2. The summed E-state index contributed by atoms with van der Waals surface area (Å²) in [7, 11) is 1.36. The van der Waals surface area contributed by atoms with E-state index in [1.165, 1.54) is 29.6 Å². The minimum absolute atomic E-state index is 0.0383. The zero-order chi connectivity index (χ0) is 22.2. The van der Waals surface area contributed by atoms with Crippen LogP contribution in [0.1, 0.15) is 43.7 Å². The predicted octanol–water partition coefficient (Wildman–Crippen LogP) is 5.14. The molecule has 1 aromatic heterocycles. The molecule has 0 saturated carbocycles. The van der Waals surface area contributed by atoms with Gasteiger partial charge < -0.3 is 9.30 Å². The van der Waals surface area contributed by atoms with Gasteiger partial charge >= 0.3 is 5.97 Å². The number of thioether (sulfide) groups is 1. The summed E-state index contributed by atoms with van der Waals surface area (Å²) in [4.78, 5) is 29.3. The molecule has 0 unspecified atom stereocenters. The van der Waals surface area contributed by atoms with E-state index in [1.807, 2.05) is 36.0 Å². The molecule has 2 aromatic carbocycles. The minimum atomic E-state index is -0.362. The molecule has 0 aliphatic heterocycles. The Bertz CT molecular complexity index is 1100. The van der Waals surface area contributed by atoms with Crippen LogP contribution in [-0.4, -0.2) is 29.3 Å². The van der Waals surface area contributed by atoms with Gasteiger partial charge in [0.05, 0.1) is 17.3 Å². The molecule has 7 heteroatoms. The summed E-state index contributed by atoms with van der Waals surface area (Å²) in [5.41, 5.74) is 3.40. The Hall–Kier alpha value is -2.38. The second-order valence-corrected chi connectivity index (χ2v) is 9.69. The number of aromatic nitrogens is 1. The average molecular weight is 457 g/mol. The lowest BCUT2D eigenvalue weighted by atomic mass is 10.0. The van der Waals surface area contributed by atoms with Gasteiger partial charge in [0.2, 0.25) is 5.91 Å². The molecule has 0 aliphatic carbocycles. The van der Waals surface area contributed by atoms with Crippen LogP contribution in [0.15, 0.2) is 53.5 Å². The molecule has 0 spiro atoms. The Kier molecular flexibility index (Phi) is 8.49. The second kappa shape index (κ2) is 11.3. The van der Waals surface area contributed by atoms with Crippen molar-refractivity contribution < 1.29 is 14.3 Å². The van der Waals surface area contributed by atoms with Crippen molar-refractivity contribution in [3.8, 4) is 0 Å². The van der Waals surface area contributed by atoms with E-state index in [4.69, 9.17) is 4.74 Å². The maximum atomic E-state index is 12.5. The van der Waals surface area contributed by atoms with E-state index in [9.17, 15) is 9.59 Å². The summed E-state index contributed by atoms with van der Waals surface area (Å²) in [6, 6.07) is 16.5. The van der Waals surface area contributed by atoms with Crippen LogP contribution in [0.3, 0.4) is 0 Å². The summed E-state index contributed by atoms with van der Waals surface area (Å²) in [6.07, 6.45) is 1.17. The lowest BCUT2D eigenvalue weighted by Crippen LogP contribution is -2.22. The highest BCUT2D eigenvalue weighted by Crippen LogP contribution is 2.23. The van der Waals surface area contributed by atoms with E-state index in [-0.39, 0.29) is 18.4 Å². The average Bonchev–Trinajstić information content (AvgIpc) is 3.10. The number of methoxy groups -OCH3 is 1. The molecule has 0 fully saturated rings. The maximum Gasteiger partial charge on any atom is 0.325 e. The van der Waals surface area contributed by atoms with Crippen molar-refractivity contribution in [1.29, 1.82) is 0 Å². The van der Waals surface area contributed by atoms with Crippen molar-refractivity contribution in [1.82, 2.24) is 4.57 Å². The van der Waals surface area contributed by atoms with Gasteiger partial charge in [-0.1, -0.05) is 61.6 Å². The molecule has 0 radical (unpaired) electrons. The van der Waals surface area contributed by atoms with Gasteiger partial charge in [-0.3, -0.25) is 9.59 Å². The van der Waals surface area contributed by atoms with Gasteiger partial charge in [0.15, 0.2) is 4.80 Å². The number of nitrogens with zero attached hydrogens (tertiary/aromatic N) is 2. The Morgan fingerprint density at radius 2 is 1.94 bits per heavy atom. The van der Waals surface area contributed by atoms with E-state index in [0.717, 1.165) is 28.1 Å². The van der Waals surface area contributed by atoms with Gasteiger partial charge in [-0.2, -0.15) is 16.8 Å². The van der Waals surface area contributed by atoms with E-state index in [1.54, 1.807) is 4.57 Å². The summed E-state index contributed by atoms with van der Waals surface area (Å²) in [5, 5.41) is 0. The number of rotatable bonds is 9. The first-order chi connectivity index (χ1) is 15.0. The van der Waals surface area contributed by atoms with Crippen molar-refractivity contribution >= 4 is 45.2 Å². The SMILES string of the molecule is COC(=O)Cn1c(=NC(=O)CCCSCc2ccccc2)sc2cc(C(C)C)ccc21. The topological polar surface area (TPSA) is 60.7 Å². The molecular weight excluding hydrogens is 428 g/mol. The van der Waals surface area contributed by atoms with Crippen LogP contribution in [0.4, 0.5) is 0 Å². The van der Waals surface area contributed by atoms with Crippen molar-refractivity contribution in [2.24, 2.45) is 4.99 Å². The van der Waals surface area contributed by atoms with Crippen molar-refractivity contribution in [3.63, 3.8) is 0 Å². The predicted molar refractivity (Wildman–Crippen MR) is 128 cm³/mol. The van der Waals surface area contributed by atoms with Gasteiger partial charge in [-0.25, -0.2) is 0 Å². The minimum Gasteiger partial charge on any atom is -0.468 e. The monoisotopic (exact) mass is 456 g/mol. The first kappa shape index (κ1) is 23.3. The van der Waals surface area contributed by atoms with Gasteiger partial charge in [0.25, 0.3) is 0 Å². The first-order valence-corrected chi connectivity index (χ1v) is 12.3. The number of benzene rings is 2. The molecule has 0 bridgehead atoms. The number of thiazole rings is 1. The summed E-state index contributed by atoms with van der Waals surface area (Å²) in [6.45, 7) is 4.32. The van der Waals surface area contributed by atoms with E-state index in [0.29, 0.717) is 17.1 Å². The highest BCUT2D eigenvalue weighted by atomic mass is 32.2. The van der Waals surface area contributed by atoms with Crippen LogP contribution in [0.5, 0.6) is 0 Å². The number of hydrogen-bond acceptors (Lipinski definition) is 5. The third kappa shape index (κ3) is 6.55. The highest BCUT2D eigenvalue weighted by Gasteiger charge is 2.13. The lowest BCUT2D eigenvalue weighted by molar-refractivity contribution is -0.141. The molecule has 5 nitrogen and oxygen atoms in total. The molecule has 164 valence electrons. The molecule has 0 saturated heterocycles. The van der Waals surface area contributed by atoms with Crippen LogP contribution >= 0.6 is 23.1 Å². The molecule has 3 aromatic rings. The number of carbonyl (C=O) groups excluding carboxylic acids is 2. The number of fused-ring (bicyclic) bond motifs is 1. The fourth-order valence-electron chi connectivity index (χ4n) is 3.13. The Balaban J connectivity index is 1.70. The van der Waals surface area contributed by atoms with Crippen LogP contribution < -0.4 is 4.80 Å². The van der Waals surface area contributed by atoms with Crippen molar-refractivity contribution in [3.05, 3.63) is 64.5 Å². The van der Waals surface area contributed by atoms with Crippen molar-refractivity contribution in [2.75, 3.05) is 12.9 Å². The molecule has 0 aliphatic rings. The number of ether oxygens (including phenoxy) is 1. The Morgan fingerprint density at radius 1 is 1.16 bits per heavy atom. The largest absolute Gasteiger partial charge is 0.468 e. The van der Waals surface area contributed by atoms with Crippen LogP contribution in [-0.2, 0) is 26.6 Å². The fourth-order valence-corrected chi connectivity index (χ4v) is 5.15. The van der Waals surface area contributed by atoms with Crippen LogP contribution in [0, 0.1) is 0 Å². The molecule has 3 rings (SSSR count). The smallest absolute Gasteiger partial charge is 0.325 e. The normalized spacial score (nSPS) is 11.9. The standard InChI is InChI=1S/C24H28N2O3S2/c1-17(2)19-11-12-20-21(14-19)31-24(26(20)15-23(28)29-3)25-22(27)10-7-13-30-16-18-8-5-4-6-9-18/h4-6,8-9,11-12,14,17H,7,10,13,15-16H2,1-3H3. The molecular formula is C24H28N2O3S2. The quantitative estimate of drug-likeness (QED) is 0.330. The highest BCUT2D eigenvalue weighted by molar-refractivity contribution is 7.98. The van der Waals surface area contributed by atoms with E-state index < -0.39 is 0 Å². The Labute approximate surface area is 191 Å². The number of hydrogen-bond donors (Lipinski definition) is 0. The van der Waals surface area contributed by atoms with E-state index >= 15 is 0 Å².